The molecule has 1 aliphatic rings. The monoisotopic (exact) mass is 293 g/mol. The van der Waals surface area contributed by atoms with E-state index in [0.717, 1.165) is 17.9 Å². The minimum atomic E-state index is -0.646. The number of rotatable bonds is 5. The average Bonchev–Trinajstić information content (AvgIpc) is 2.89. The number of amides is 1. The highest BCUT2D eigenvalue weighted by Crippen LogP contribution is 2.27. The third-order valence-electron chi connectivity index (χ3n) is 2.82. The predicted octanol–water partition coefficient (Wildman–Crippen LogP) is 1.83. The molecule has 0 aliphatic carbocycles. The van der Waals surface area contributed by atoms with E-state index in [9.17, 15) is 10.1 Å². The molecule has 0 spiro atoms. The lowest BCUT2D eigenvalue weighted by Crippen LogP contribution is -2.48. The third-order valence-corrected chi connectivity index (χ3v) is 4.98. The molecule has 1 saturated heterocycles. The largest absolute Gasteiger partial charge is 0.336 e. The molecule has 100 valence electrons. The Balaban J connectivity index is 1.75. The molecule has 1 aromatic rings. The van der Waals surface area contributed by atoms with Gasteiger partial charge in [-0.2, -0.15) is 17.0 Å². The van der Waals surface area contributed by atoms with Crippen molar-refractivity contribution in [1.29, 1.82) is 5.26 Å². The van der Waals surface area contributed by atoms with Gasteiger partial charge in [-0.05, 0) is 24.3 Å². The second kappa shape index (κ2) is 6.83. The molecule has 1 amide bonds. The van der Waals surface area contributed by atoms with E-state index in [2.05, 4.69) is 16.4 Å². The SMILES string of the molecule is N#CC1(NC(=O)CSCc2ccccn2)CCSC1. The second-order valence-electron chi connectivity index (χ2n) is 4.36. The maximum absolute atomic E-state index is 11.8. The van der Waals surface area contributed by atoms with E-state index in [0.29, 0.717) is 17.3 Å². The fraction of sp³-hybridized carbons (Fsp3) is 0.462. The van der Waals surface area contributed by atoms with Gasteiger partial charge in [0, 0.05) is 17.7 Å². The lowest BCUT2D eigenvalue weighted by Gasteiger charge is -2.20. The van der Waals surface area contributed by atoms with E-state index in [-0.39, 0.29) is 5.91 Å². The Morgan fingerprint density at radius 3 is 3.16 bits per heavy atom. The van der Waals surface area contributed by atoms with Crippen molar-refractivity contribution in [3.8, 4) is 6.07 Å². The number of hydrogen-bond acceptors (Lipinski definition) is 5. The first-order valence-corrected chi connectivity index (χ1v) is 8.33. The Morgan fingerprint density at radius 2 is 2.53 bits per heavy atom. The fourth-order valence-corrected chi connectivity index (χ4v) is 3.82. The van der Waals surface area contributed by atoms with E-state index in [4.69, 9.17) is 0 Å². The van der Waals surface area contributed by atoms with Crippen LogP contribution in [0.3, 0.4) is 0 Å². The summed E-state index contributed by atoms with van der Waals surface area (Å²) in [4.78, 5) is 16.0. The minimum Gasteiger partial charge on any atom is -0.336 e. The summed E-state index contributed by atoms with van der Waals surface area (Å²) in [5.41, 5.74) is 0.319. The summed E-state index contributed by atoms with van der Waals surface area (Å²) in [5.74, 6) is 2.65. The predicted molar refractivity (Wildman–Crippen MR) is 78.8 cm³/mol. The molecule has 1 aliphatic heterocycles. The third kappa shape index (κ3) is 4.15. The molecule has 1 unspecified atom stereocenters. The minimum absolute atomic E-state index is 0.0648. The molecule has 0 bridgehead atoms. The maximum Gasteiger partial charge on any atom is 0.231 e. The Kier molecular flexibility index (Phi) is 5.11. The molecule has 1 atom stereocenters. The van der Waals surface area contributed by atoms with Gasteiger partial charge in [0.2, 0.25) is 5.91 Å². The first-order chi connectivity index (χ1) is 9.24. The van der Waals surface area contributed by atoms with Crippen molar-refractivity contribution in [1.82, 2.24) is 10.3 Å². The molecule has 6 heteroatoms. The fourth-order valence-electron chi connectivity index (χ4n) is 1.81. The van der Waals surface area contributed by atoms with Gasteiger partial charge >= 0.3 is 0 Å². The molecule has 1 fully saturated rings. The van der Waals surface area contributed by atoms with Gasteiger partial charge in [0.25, 0.3) is 0 Å². The number of nitrogens with zero attached hydrogens (tertiary/aromatic N) is 2. The Hall–Kier alpha value is -1.19. The Morgan fingerprint density at radius 1 is 1.63 bits per heavy atom. The van der Waals surface area contributed by atoms with Gasteiger partial charge in [0.05, 0.1) is 17.5 Å². The van der Waals surface area contributed by atoms with Crippen LogP contribution in [-0.4, -0.2) is 33.7 Å². The summed E-state index contributed by atoms with van der Waals surface area (Å²) in [6.45, 7) is 0. The first kappa shape index (κ1) is 14.2. The van der Waals surface area contributed by atoms with Gasteiger partial charge in [-0.1, -0.05) is 6.07 Å². The smallest absolute Gasteiger partial charge is 0.231 e. The van der Waals surface area contributed by atoms with Crippen molar-refractivity contribution in [3.63, 3.8) is 0 Å². The van der Waals surface area contributed by atoms with Crippen molar-refractivity contribution in [2.75, 3.05) is 17.3 Å². The quantitative estimate of drug-likeness (QED) is 0.897. The van der Waals surface area contributed by atoms with Crippen LogP contribution in [0.25, 0.3) is 0 Å². The number of hydrogen-bond donors (Lipinski definition) is 1. The number of pyridine rings is 1. The highest BCUT2D eigenvalue weighted by atomic mass is 32.2. The zero-order valence-electron chi connectivity index (χ0n) is 10.5. The first-order valence-electron chi connectivity index (χ1n) is 6.02. The molecule has 4 nitrogen and oxygen atoms in total. The summed E-state index contributed by atoms with van der Waals surface area (Å²) in [6.07, 6.45) is 2.49. The van der Waals surface area contributed by atoms with Crippen LogP contribution in [0.15, 0.2) is 24.4 Å². The number of nitrogens with one attached hydrogen (secondary N) is 1. The topological polar surface area (TPSA) is 65.8 Å². The van der Waals surface area contributed by atoms with Crippen LogP contribution in [0.2, 0.25) is 0 Å². The normalized spacial score (nSPS) is 21.8. The molecular formula is C13H15N3OS2. The van der Waals surface area contributed by atoms with Crippen LogP contribution in [0, 0.1) is 11.3 Å². The van der Waals surface area contributed by atoms with Gasteiger partial charge in [-0.15, -0.1) is 11.8 Å². The summed E-state index contributed by atoms with van der Waals surface area (Å²) < 4.78 is 0. The van der Waals surface area contributed by atoms with E-state index in [1.165, 1.54) is 11.8 Å². The van der Waals surface area contributed by atoms with E-state index in [1.54, 1.807) is 18.0 Å². The van der Waals surface area contributed by atoms with Crippen molar-refractivity contribution < 1.29 is 4.79 Å². The van der Waals surface area contributed by atoms with Crippen LogP contribution in [0.1, 0.15) is 12.1 Å². The van der Waals surface area contributed by atoms with Crippen molar-refractivity contribution in [2.24, 2.45) is 0 Å². The van der Waals surface area contributed by atoms with Crippen LogP contribution < -0.4 is 5.32 Å². The second-order valence-corrected chi connectivity index (χ2v) is 6.45. The maximum atomic E-state index is 11.8. The summed E-state index contributed by atoms with van der Waals surface area (Å²) >= 11 is 3.23. The van der Waals surface area contributed by atoms with E-state index >= 15 is 0 Å². The lowest BCUT2D eigenvalue weighted by molar-refractivity contribution is -0.119. The molecule has 1 aromatic heterocycles. The number of thioether (sulfide) groups is 2. The average molecular weight is 293 g/mol. The molecule has 0 radical (unpaired) electrons. The molecule has 2 rings (SSSR count). The summed E-state index contributed by atoms with van der Waals surface area (Å²) in [7, 11) is 0. The molecule has 1 N–H and O–H groups in total. The Bertz CT molecular complexity index is 467. The van der Waals surface area contributed by atoms with Gasteiger partial charge in [-0.3, -0.25) is 9.78 Å². The molecule has 0 saturated carbocycles. The molecule has 2 heterocycles. The van der Waals surface area contributed by atoms with Crippen LogP contribution >= 0.6 is 23.5 Å². The lowest BCUT2D eigenvalue weighted by atomic mass is 10.0. The number of aromatic nitrogens is 1. The summed E-state index contributed by atoms with van der Waals surface area (Å²) in [5, 5.41) is 12.0. The van der Waals surface area contributed by atoms with Crippen LogP contribution in [-0.2, 0) is 10.5 Å². The number of nitriles is 1. The van der Waals surface area contributed by atoms with Gasteiger partial charge in [-0.25, -0.2) is 0 Å². The van der Waals surface area contributed by atoms with Crippen molar-refractivity contribution >= 4 is 29.4 Å². The molecular weight excluding hydrogens is 278 g/mol. The van der Waals surface area contributed by atoms with Crippen LogP contribution in [0.4, 0.5) is 0 Å². The standard InChI is InChI=1S/C13H15N3OS2/c14-9-13(4-6-18-10-13)16-12(17)8-19-7-11-3-1-2-5-15-11/h1-3,5H,4,6-8,10H2,(H,16,17). The summed E-state index contributed by atoms with van der Waals surface area (Å²) in [6, 6.07) is 7.99. The number of carbonyl (C=O) groups excluding carboxylic acids is 1. The molecule has 0 aromatic carbocycles. The zero-order chi connectivity index (χ0) is 13.6. The highest BCUT2D eigenvalue weighted by Gasteiger charge is 2.35. The Labute approximate surface area is 121 Å². The van der Waals surface area contributed by atoms with Crippen molar-refractivity contribution in [3.05, 3.63) is 30.1 Å². The van der Waals surface area contributed by atoms with Gasteiger partial charge < -0.3 is 5.32 Å². The van der Waals surface area contributed by atoms with Crippen LogP contribution in [0.5, 0.6) is 0 Å². The zero-order valence-corrected chi connectivity index (χ0v) is 12.1. The van der Waals surface area contributed by atoms with Gasteiger partial charge in [0.1, 0.15) is 5.54 Å². The van der Waals surface area contributed by atoms with Crippen molar-refractivity contribution in [2.45, 2.75) is 17.7 Å². The molecule has 19 heavy (non-hydrogen) atoms. The highest BCUT2D eigenvalue weighted by molar-refractivity contribution is 7.99. The van der Waals surface area contributed by atoms with E-state index in [1.807, 2.05) is 18.2 Å². The van der Waals surface area contributed by atoms with Gasteiger partial charge in [0.15, 0.2) is 0 Å². The van der Waals surface area contributed by atoms with E-state index < -0.39 is 5.54 Å². The number of carbonyl (C=O) groups is 1.